The number of amides is 1. The number of ether oxygens (including phenoxy) is 1. The first kappa shape index (κ1) is 25.8. The van der Waals surface area contributed by atoms with E-state index in [2.05, 4.69) is 25.0 Å². The summed E-state index contributed by atoms with van der Waals surface area (Å²) in [5.74, 6) is -0.320. The van der Waals surface area contributed by atoms with Crippen molar-refractivity contribution in [1.29, 1.82) is 0 Å². The van der Waals surface area contributed by atoms with Crippen LogP contribution in [0, 0.1) is 0 Å². The van der Waals surface area contributed by atoms with Crippen LogP contribution in [0.5, 0.6) is 11.6 Å². The summed E-state index contributed by atoms with van der Waals surface area (Å²) in [6.07, 6.45) is 5.10. The number of pyridine rings is 1. The number of sulfonamides is 1. The zero-order chi connectivity index (χ0) is 25.7. The third kappa shape index (κ3) is 6.27. The van der Waals surface area contributed by atoms with Crippen LogP contribution < -0.4 is 14.8 Å². The van der Waals surface area contributed by atoms with Crippen LogP contribution in [0.3, 0.4) is 0 Å². The number of rotatable bonds is 9. The topological polar surface area (TPSA) is 126 Å². The van der Waals surface area contributed by atoms with Gasteiger partial charge in [0, 0.05) is 31.1 Å². The van der Waals surface area contributed by atoms with Gasteiger partial charge < -0.3 is 15.0 Å². The van der Waals surface area contributed by atoms with Crippen LogP contribution in [0.2, 0.25) is 15.1 Å². The minimum absolute atomic E-state index is 0.0389. The number of carbonyl (C=O) groups excluding carboxylic acids is 1. The van der Waals surface area contributed by atoms with Gasteiger partial charge in [0.1, 0.15) is 11.4 Å². The molecule has 2 heterocycles. The fraction of sp³-hybridized carbons (Fsp3) is 0.0870. The van der Waals surface area contributed by atoms with Crippen molar-refractivity contribution in [2.75, 3.05) is 11.3 Å². The van der Waals surface area contributed by atoms with Crippen molar-refractivity contribution in [2.45, 2.75) is 11.3 Å². The molecule has 9 nitrogen and oxygen atoms in total. The molecule has 0 fully saturated rings. The molecule has 4 rings (SSSR count). The first-order valence-electron chi connectivity index (χ1n) is 10.4. The third-order valence-corrected chi connectivity index (χ3v) is 7.15. The largest absolute Gasteiger partial charge is 0.436 e. The van der Waals surface area contributed by atoms with Crippen LogP contribution >= 0.6 is 34.8 Å². The predicted molar refractivity (Wildman–Crippen MR) is 138 cm³/mol. The van der Waals surface area contributed by atoms with Gasteiger partial charge in [-0.2, -0.15) is 0 Å². The lowest BCUT2D eigenvalue weighted by molar-refractivity contribution is 0.0951. The van der Waals surface area contributed by atoms with Crippen LogP contribution in [0.1, 0.15) is 16.1 Å². The molecule has 2 aromatic carbocycles. The molecule has 0 atom stereocenters. The molecule has 0 radical (unpaired) electrons. The van der Waals surface area contributed by atoms with Crippen LogP contribution in [-0.4, -0.2) is 35.8 Å². The summed E-state index contributed by atoms with van der Waals surface area (Å²) in [5.41, 5.74) is 1.07. The van der Waals surface area contributed by atoms with Gasteiger partial charge in [-0.25, -0.2) is 18.4 Å². The lowest BCUT2D eigenvalue weighted by Gasteiger charge is -2.15. The molecule has 2 aromatic heterocycles. The number of nitrogens with zero attached hydrogens (tertiary/aromatic N) is 2. The first-order chi connectivity index (χ1) is 17.2. The van der Waals surface area contributed by atoms with Gasteiger partial charge in [0.2, 0.25) is 5.88 Å². The molecule has 0 saturated heterocycles. The number of hydrogen-bond donors (Lipinski definition) is 3. The lowest BCUT2D eigenvalue weighted by atomic mass is 10.2. The minimum atomic E-state index is -4.10. The van der Waals surface area contributed by atoms with Crippen molar-refractivity contribution in [2.24, 2.45) is 0 Å². The standard InChI is InChI=1S/C23H18Cl3N5O4S/c24-14-9-20(31-36(33,34)16-5-6-18(25)19(26)10-16)23(29-11-14)35-21-4-2-1-3-17(21)22(32)28-8-7-15-12-27-13-30-15/h1-6,9-13,31H,7-8H2,(H,27,30)(H,28,32). The number of halogens is 3. The number of anilines is 1. The van der Waals surface area contributed by atoms with Crippen LogP contribution in [0.15, 0.2) is 72.1 Å². The Morgan fingerprint density at radius 3 is 2.58 bits per heavy atom. The Balaban J connectivity index is 1.56. The highest BCUT2D eigenvalue weighted by Crippen LogP contribution is 2.33. The van der Waals surface area contributed by atoms with Gasteiger partial charge in [-0.3, -0.25) is 9.52 Å². The highest BCUT2D eigenvalue weighted by molar-refractivity contribution is 7.92. The van der Waals surface area contributed by atoms with E-state index in [1.54, 1.807) is 36.8 Å². The summed E-state index contributed by atoms with van der Waals surface area (Å²) in [7, 11) is -4.10. The molecule has 0 unspecified atom stereocenters. The second-order valence-corrected chi connectivity index (χ2v) is 10.3. The van der Waals surface area contributed by atoms with Gasteiger partial charge in [0.05, 0.1) is 31.9 Å². The van der Waals surface area contributed by atoms with Gasteiger partial charge in [0.15, 0.2) is 0 Å². The van der Waals surface area contributed by atoms with Crippen LogP contribution in [-0.2, 0) is 16.4 Å². The number of para-hydroxylation sites is 1. The molecule has 36 heavy (non-hydrogen) atoms. The summed E-state index contributed by atoms with van der Waals surface area (Å²) < 4.78 is 34.2. The number of aromatic amines is 1. The van der Waals surface area contributed by atoms with E-state index in [1.165, 1.54) is 30.5 Å². The van der Waals surface area contributed by atoms with Crippen molar-refractivity contribution in [3.05, 3.63) is 93.6 Å². The van der Waals surface area contributed by atoms with Gasteiger partial charge in [0.25, 0.3) is 15.9 Å². The maximum atomic E-state index is 13.0. The number of nitrogens with one attached hydrogen (secondary N) is 3. The zero-order valence-electron chi connectivity index (χ0n) is 18.3. The maximum Gasteiger partial charge on any atom is 0.262 e. The Bertz CT molecular complexity index is 1500. The van der Waals surface area contributed by atoms with Crippen molar-refractivity contribution in [3.8, 4) is 11.6 Å². The van der Waals surface area contributed by atoms with E-state index in [1.807, 2.05) is 0 Å². The van der Waals surface area contributed by atoms with Gasteiger partial charge in [-0.1, -0.05) is 46.9 Å². The van der Waals surface area contributed by atoms with E-state index in [0.29, 0.717) is 13.0 Å². The summed E-state index contributed by atoms with van der Waals surface area (Å²) in [4.78, 5) is 23.7. The molecular formula is C23H18Cl3N5O4S. The number of H-pyrrole nitrogens is 1. The van der Waals surface area contributed by atoms with Crippen molar-refractivity contribution in [1.82, 2.24) is 20.3 Å². The molecular weight excluding hydrogens is 549 g/mol. The Morgan fingerprint density at radius 2 is 1.83 bits per heavy atom. The van der Waals surface area contributed by atoms with E-state index >= 15 is 0 Å². The quantitative estimate of drug-likeness (QED) is 0.251. The summed E-state index contributed by atoms with van der Waals surface area (Å²) in [6, 6.07) is 11.7. The Kier molecular flexibility index (Phi) is 8.00. The van der Waals surface area contributed by atoms with E-state index in [0.717, 1.165) is 5.69 Å². The van der Waals surface area contributed by atoms with Crippen molar-refractivity contribution in [3.63, 3.8) is 0 Å². The lowest BCUT2D eigenvalue weighted by Crippen LogP contribution is -2.26. The van der Waals surface area contributed by atoms with Crippen molar-refractivity contribution >= 4 is 56.4 Å². The number of aromatic nitrogens is 3. The highest BCUT2D eigenvalue weighted by Gasteiger charge is 2.21. The maximum absolute atomic E-state index is 13.0. The Hall–Kier alpha value is -3.31. The van der Waals surface area contributed by atoms with Crippen LogP contribution in [0.4, 0.5) is 5.69 Å². The highest BCUT2D eigenvalue weighted by atomic mass is 35.5. The number of hydrogen-bond acceptors (Lipinski definition) is 6. The van der Waals surface area contributed by atoms with Gasteiger partial charge in [-0.15, -0.1) is 0 Å². The molecule has 0 aliphatic heterocycles. The molecule has 4 aromatic rings. The van der Waals surface area contributed by atoms with Crippen LogP contribution in [0.25, 0.3) is 0 Å². The first-order valence-corrected chi connectivity index (χ1v) is 13.0. The summed E-state index contributed by atoms with van der Waals surface area (Å²) >= 11 is 17.9. The SMILES string of the molecule is O=C(NCCc1cnc[nH]1)c1ccccc1Oc1ncc(Cl)cc1NS(=O)(=O)c1ccc(Cl)c(Cl)c1. The zero-order valence-corrected chi connectivity index (χ0v) is 21.4. The smallest absolute Gasteiger partial charge is 0.262 e. The van der Waals surface area contributed by atoms with E-state index in [4.69, 9.17) is 39.5 Å². The fourth-order valence-electron chi connectivity index (χ4n) is 3.10. The normalized spacial score (nSPS) is 11.2. The van der Waals surface area contributed by atoms with Crippen molar-refractivity contribution < 1.29 is 17.9 Å². The number of benzene rings is 2. The molecule has 0 saturated carbocycles. The molecule has 0 aliphatic carbocycles. The van der Waals surface area contributed by atoms with Gasteiger partial charge in [-0.05, 0) is 36.4 Å². The number of imidazole rings is 1. The average Bonchev–Trinajstić information content (AvgIpc) is 3.36. The molecule has 0 bridgehead atoms. The number of carbonyl (C=O) groups is 1. The summed E-state index contributed by atoms with van der Waals surface area (Å²) in [6.45, 7) is 0.364. The van der Waals surface area contributed by atoms with E-state index in [-0.39, 0.29) is 48.8 Å². The monoisotopic (exact) mass is 565 g/mol. The van der Waals surface area contributed by atoms with E-state index in [9.17, 15) is 13.2 Å². The molecule has 0 aliphatic rings. The molecule has 3 N–H and O–H groups in total. The molecule has 0 spiro atoms. The molecule has 1 amide bonds. The molecule has 13 heteroatoms. The third-order valence-electron chi connectivity index (χ3n) is 4.84. The predicted octanol–water partition coefficient (Wildman–Crippen LogP) is 5.33. The Labute approximate surface area is 221 Å². The second-order valence-electron chi connectivity index (χ2n) is 7.37. The fourth-order valence-corrected chi connectivity index (χ4v) is 4.70. The average molecular weight is 567 g/mol. The van der Waals surface area contributed by atoms with Gasteiger partial charge >= 0.3 is 0 Å². The Morgan fingerprint density at radius 1 is 1.03 bits per heavy atom. The summed E-state index contributed by atoms with van der Waals surface area (Å²) in [5, 5.41) is 3.27. The minimum Gasteiger partial charge on any atom is -0.436 e. The molecule has 186 valence electrons. The second kappa shape index (κ2) is 11.2. The van der Waals surface area contributed by atoms with E-state index < -0.39 is 10.0 Å².